The van der Waals surface area contributed by atoms with Crippen molar-refractivity contribution in [3.63, 3.8) is 0 Å². The Hall–Kier alpha value is -2.37. The Morgan fingerprint density at radius 1 is 1.14 bits per heavy atom. The van der Waals surface area contributed by atoms with Crippen molar-refractivity contribution in [1.82, 2.24) is 14.5 Å². The summed E-state index contributed by atoms with van der Waals surface area (Å²) in [5.74, 6) is 1.66. The van der Waals surface area contributed by atoms with E-state index >= 15 is 0 Å². The second-order valence-electron chi connectivity index (χ2n) is 8.14. The molecule has 0 saturated carbocycles. The minimum atomic E-state index is -0.254. The molecule has 2 heterocycles. The summed E-state index contributed by atoms with van der Waals surface area (Å²) in [7, 11) is 2.10. The molecule has 4 rings (SSSR count). The molecule has 1 aliphatic heterocycles. The van der Waals surface area contributed by atoms with Crippen LogP contribution in [0.3, 0.4) is 0 Å². The largest absolute Gasteiger partial charge is 0.340 e. The van der Waals surface area contributed by atoms with Gasteiger partial charge in [-0.2, -0.15) is 0 Å². The van der Waals surface area contributed by atoms with Gasteiger partial charge >= 0.3 is 0 Å². The van der Waals surface area contributed by atoms with Crippen LogP contribution < -0.4 is 5.32 Å². The van der Waals surface area contributed by atoms with Crippen LogP contribution in [-0.2, 0) is 12.1 Å². The fourth-order valence-electron chi connectivity index (χ4n) is 4.04. The number of imidazole rings is 1. The minimum Gasteiger partial charge on any atom is -0.340 e. The highest BCUT2D eigenvalue weighted by Gasteiger charge is 2.35. The highest BCUT2D eigenvalue weighted by atomic mass is 35.5. The van der Waals surface area contributed by atoms with Gasteiger partial charge in [0.2, 0.25) is 0 Å². The second kappa shape index (κ2) is 6.90. The van der Waals surface area contributed by atoms with Crippen LogP contribution in [0.1, 0.15) is 25.2 Å². The van der Waals surface area contributed by atoms with E-state index in [1.807, 2.05) is 25.1 Å². The molecule has 0 bridgehead atoms. The number of fused-ring (bicyclic) bond motifs is 1. The number of nitrogens with one attached hydrogen (secondary N) is 1. The molecule has 1 N–H and O–H groups in total. The van der Waals surface area contributed by atoms with E-state index in [1.165, 1.54) is 12.1 Å². The lowest BCUT2D eigenvalue weighted by atomic mass is 10.0. The van der Waals surface area contributed by atoms with E-state index in [4.69, 9.17) is 16.6 Å². The standard InChI is InChI=1S/C22H24ClFN4/c1-14-11-17(9-10-18(14)23)25-21-20(15-5-7-16(24)8-6-15)26-19-12-27(4)13-22(2,3)28(19)21/h5-11,25H,12-13H2,1-4H3. The Kier molecular flexibility index (Phi) is 4.68. The summed E-state index contributed by atoms with van der Waals surface area (Å²) >= 11 is 6.19. The van der Waals surface area contributed by atoms with Gasteiger partial charge in [-0.05, 0) is 75.8 Å². The zero-order valence-electron chi connectivity index (χ0n) is 16.6. The topological polar surface area (TPSA) is 33.1 Å². The van der Waals surface area contributed by atoms with Crippen LogP contribution >= 0.6 is 11.6 Å². The van der Waals surface area contributed by atoms with E-state index in [-0.39, 0.29) is 11.4 Å². The number of halogens is 2. The summed E-state index contributed by atoms with van der Waals surface area (Å²) in [4.78, 5) is 7.21. The lowest BCUT2D eigenvalue weighted by Crippen LogP contribution is -2.45. The van der Waals surface area contributed by atoms with Gasteiger partial charge in [0.25, 0.3) is 0 Å². The summed E-state index contributed by atoms with van der Waals surface area (Å²) < 4.78 is 15.7. The molecule has 0 radical (unpaired) electrons. The van der Waals surface area contributed by atoms with Gasteiger partial charge in [-0.25, -0.2) is 9.37 Å². The predicted molar refractivity (Wildman–Crippen MR) is 113 cm³/mol. The highest BCUT2D eigenvalue weighted by molar-refractivity contribution is 6.31. The van der Waals surface area contributed by atoms with Crippen LogP contribution in [0.25, 0.3) is 11.3 Å². The molecule has 0 aliphatic carbocycles. The molecule has 0 fully saturated rings. The number of benzene rings is 2. The van der Waals surface area contributed by atoms with Gasteiger partial charge in [-0.15, -0.1) is 0 Å². The van der Waals surface area contributed by atoms with Crippen molar-refractivity contribution in [2.24, 2.45) is 0 Å². The Morgan fingerprint density at radius 2 is 1.86 bits per heavy atom. The summed E-state index contributed by atoms with van der Waals surface area (Å²) in [6, 6.07) is 12.4. The third-order valence-corrected chi connectivity index (χ3v) is 5.58. The molecule has 28 heavy (non-hydrogen) atoms. The monoisotopic (exact) mass is 398 g/mol. The van der Waals surface area contributed by atoms with Crippen LogP contribution in [0.4, 0.5) is 15.9 Å². The molecule has 0 spiro atoms. The molecule has 0 saturated heterocycles. The van der Waals surface area contributed by atoms with Crippen LogP contribution in [-0.4, -0.2) is 28.0 Å². The van der Waals surface area contributed by atoms with Crippen molar-refractivity contribution < 1.29 is 4.39 Å². The maximum atomic E-state index is 13.5. The number of hydrogen-bond donors (Lipinski definition) is 1. The molecule has 0 atom stereocenters. The van der Waals surface area contributed by atoms with Gasteiger partial charge in [-0.3, -0.25) is 4.90 Å². The van der Waals surface area contributed by atoms with E-state index in [9.17, 15) is 4.39 Å². The zero-order valence-corrected chi connectivity index (χ0v) is 17.3. The molecular formula is C22H24ClFN4. The number of rotatable bonds is 3. The van der Waals surface area contributed by atoms with Crippen LogP contribution in [0, 0.1) is 12.7 Å². The Bertz CT molecular complexity index is 1020. The molecule has 6 heteroatoms. The van der Waals surface area contributed by atoms with Gasteiger partial charge in [-0.1, -0.05) is 11.6 Å². The molecule has 4 nitrogen and oxygen atoms in total. The van der Waals surface area contributed by atoms with Crippen molar-refractivity contribution in [2.45, 2.75) is 32.9 Å². The molecule has 1 aromatic heterocycles. The molecule has 1 aliphatic rings. The average molecular weight is 399 g/mol. The van der Waals surface area contributed by atoms with Crippen molar-refractivity contribution in [2.75, 3.05) is 18.9 Å². The molecular weight excluding hydrogens is 375 g/mol. The predicted octanol–water partition coefficient (Wildman–Crippen LogP) is 5.58. The van der Waals surface area contributed by atoms with Crippen molar-refractivity contribution >= 4 is 23.1 Å². The molecule has 146 valence electrons. The van der Waals surface area contributed by atoms with Gasteiger partial charge in [0.05, 0.1) is 12.1 Å². The quantitative estimate of drug-likeness (QED) is 0.625. The maximum Gasteiger partial charge on any atom is 0.139 e. The first-order chi connectivity index (χ1) is 13.2. The third-order valence-electron chi connectivity index (χ3n) is 5.16. The molecule has 2 aromatic carbocycles. The van der Waals surface area contributed by atoms with Crippen molar-refractivity contribution in [3.05, 3.63) is 64.7 Å². The van der Waals surface area contributed by atoms with E-state index < -0.39 is 0 Å². The lowest BCUT2D eigenvalue weighted by Gasteiger charge is -2.39. The van der Waals surface area contributed by atoms with Crippen LogP contribution in [0.5, 0.6) is 0 Å². The maximum absolute atomic E-state index is 13.5. The average Bonchev–Trinajstić information content (AvgIpc) is 2.97. The molecule has 0 amide bonds. The van der Waals surface area contributed by atoms with Crippen molar-refractivity contribution in [1.29, 1.82) is 0 Å². The fourth-order valence-corrected chi connectivity index (χ4v) is 4.15. The lowest BCUT2D eigenvalue weighted by molar-refractivity contribution is 0.160. The molecule has 0 unspecified atom stereocenters. The summed E-state index contributed by atoms with van der Waals surface area (Å²) in [5, 5.41) is 4.30. The second-order valence-corrected chi connectivity index (χ2v) is 8.55. The first-order valence-electron chi connectivity index (χ1n) is 9.34. The van der Waals surface area contributed by atoms with Crippen LogP contribution in [0.2, 0.25) is 5.02 Å². The fraction of sp³-hybridized carbons (Fsp3) is 0.318. The number of aromatic nitrogens is 2. The normalized spacial score (nSPS) is 16.1. The highest BCUT2D eigenvalue weighted by Crippen LogP contribution is 2.38. The van der Waals surface area contributed by atoms with Crippen LogP contribution in [0.15, 0.2) is 42.5 Å². The van der Waals surface area contributed by atoms with Gasteiger partial charge in [0.1, 0.15) is 23.2 Å². The number of likely N-dealkylation sites (N-methyl/N-ethyl adjacent to an activating group) is 1. The number of anilines is 2. The van der Waals surface area contributed by atoms with Crippen molar-refractivity contribution in [3.8, 4) is 11.3 Å². The first kappa shape index (κ1) is 19.0. The summed E-state index contributed by atoms with van der Waals surface area (Å²) in [6.07, 6.45) is 0. The SMILES string of the molecule is Cc1cc(Nc2c(-c3ccc(F)cc3)nc3n2C(C)(C)CN(C)C3)ccc1Cl. The first-order valence-corrected chi connectivity index (χ1v) is 9.72. The third kappa shape index (κ3) is 3.40. The zero-order chi connectivity index (χ0) is 20.1. The molecule has 3 aromatic rings. The Balaban J connectivity index is 1.88. The van der Waals surface area contributed by atoms with E-state index in [2.05, 4.69) is 35.7 Å². The van der Waals surface area contributed by atoms with E-state index in [0.29, 0.717) is 0 Å². The Labute approximate surface area is 170 Å². The summed E-state index contributed by atoms with van der Waals surface area (Å²) in [6.45, 7) is 8.08. The Morgan fingerprint density at radius 3 is 2.54 bits per heavy atom. The number of hydrogen-bond acceptors (Lipinski definition) is 3. The smallest absolute Gasteiger partial charge is 0.139 e. The van der Waals surface area contributed by atoms with E-state index in [1.54, 1.807) is 12.1 Å². The summed E-state index contributed by atoms with van der Waals surface area (Å²) in [5.41, 5.74) is 3.52. The van der Waals surface area contributed by atoms with E-state index in [0.717, 1.165) is 52.3 Å². The van der Waals surface area contributed by atoms with Gasteiger partial charge in [0.15, 0.2) is 0 Å². The van der Waals surface area contributed by atoms with Gasteiger partial charge < -0.3 is 9.88 Å². The number of nitrogens with zero attached hydrogens (tertiary/aromatic N) is 3. The van der Waals surface area contributed by atoms with Gasteiger partial charge in [0, 0.05) is 22.8 Å². The number of aryl methyl sites for hydroxylation is 1. The minimum absolute atomic E-state index is 0.141.